The van der Waals surface area contributed by atoms with Crippen LogP contribution in [-0.2, 0) is 13.1 Å². The number of nitrogens with zero attached hydrogens (tertiary/aromatic N) is 3. The van der Waals surface area contributed by atoms with Crippen LogP contribution in [-0.4, -0.2) is 25.0 Å². The number of nitrogens with one attached hydrogen (secondary N) is 1. The molecule has 0 aliphatic rings. The fourth-order valence-electron chi connectivity index (χ4n) is 2.04. The zero-order valence-corrected chi connectivity index (χ0v) is 15.7. The van der Waals surface area contributed by atoms with Crippen molar-refractivity contribution in [3.05, 3.63) is 71.3 Å². The Morgan fingerprint density at radius 1 is 1.09 bits per heavy atom. The predicted octanol–water partition coefficient (Wildman–Crippen LogP) is 3.38. The lowest BCUT2D eigenvalue weighted by molar-refractivity contribution is 0.578. The highest BCUT2D eigenvalue weighted by atomic mass is 127. The molecule has 2 aromatic carbocycles. The first kappa shape index (κ1) is 19.0. The Kier molecular flexibility index (Phi) is 8.13. The van der Waals surface area contributed by atoms with Crippen molar-refractivity contribution in [2.45, 2.75) is 13.1 Å². The first-order chi connectivity index (χ1) is 10.7. The summed E-state index contributed by atoms with van der Waals surface area (Å²) in [6, 6.07) is 19.9. The molecule has 0 fully saturated rings. The maximum Gasteiger partial charge on any atom is 0.194 e. The molecule has 0 aliphatic heterocycles. The molecule has 0 atom stereocenters. The van der Waals surface area contributed by atoms with E-state index in [1.165, 1.54) is 5.56 Å². The summed E-state index contributed by atoms with van der Waals surface area (Å²) in [7, 11) is 3.92. The third-order valence-electron chi connectivity index (χ3n) is 3.18. The van der Waals surface area contributed by atoms with Gasteiger partial charge in [0.25, 0.3) is 0 Å². The average molecular weight is 420 g/mol. The van der Waals surface area contributed by atoms with E-state index in [0.29, 0.717) is 12.1 Å². The Morgan fingerprint density at radius 3 is 2.43 bits per heavy atom. The topological polar surface area (TPSA) is 51.4 Å². The third kappa shape index (κ3) is 6.28. The number of hydrogen-bond acceptors (Lipinski definition) is 2. The van der Waals surface area contributed by atoms with Gasteiger partial charge in [0.2, 0.25) is 0 Å². The van der Waals surface area contributed by atoms with E-state index in [4.69, 9.17) is 5.26 Å². The number of nitriles is 1. The molecule has 0 saturated carbocycles. The largest absolute Gasteiger partial charge is 0.352 e. The van der Waals surface area contributed by atoms with E-state index in [-0.39, 0.29) is 24.0 Å². The molecule has 5 heteroatoms. The summed E-state index contributed by atoms with van der Waals surface area (Å²) in [6.07, 6.45) is 0. The second kappa shape index (κ2) is 9.85. The molecule has 0 radical (unpaired) electrons. The molecule has 2 rings (SSSR count). The Morgan fingerprint density at radius 2 is 1.78 bits per heavy atom. The summed E-state index contributed by atoms with van der Waals surface area (Å²) in [5.74, 6) is 0.825. The molecule has 2 aromatic rings. The molecule has 0 spiro atoms. The van der Waals surface area contributed by atoms with Crippen LogP contribution in [0.4, 0.5) is 0 Å². The van der Waals surface area contributed by atoms with Crippen molar-refractivity contribution in [1.29, 1.82) is 5.26 Å². The van der Waals surface area contributed by atoms with Crippen LogP contribution in [0.3, 0.4) is 0 Å². The van der Waals surface area contributed by atoms with Crippen LogP contribution in [0.2, 0.25) is 0 Å². The van der Waals surface area contributed by atoms with E-state index in [9.17, 15) is 0 Å². The molecule has 0 saturated heterocycles. The lowest BCUT2D eigenvalue weighted by Gasteiger charge is -2.17. The van der Waals surface area contributed by atoms with Gasteiger partial charge in [-0.3, -0.25) is 0 Å². The minimum atomic E-state index is 0. The van der Waals surface area contributed by atoms with Gasteiger partial charge in [-0.1, -0.05) is 42.5 Å². The SMILES string of the molecule is CN(C)C(=NCc1cccc(C#N)c1)NCc1ccccc1.I. The fraction of sp³-hybridized carbons (Fsp3) is 0.222. The highest BCUT2D eigenvalue weighted by Gasteiger charge is 2.02. The lowest BCUT2D eigenvalue weighted by Crippen LogP contribution is -2.36. The summed E-state index contributed by atoms with van der Waals surface area (Å²) in [4.78, 5) is 6.56. The predicted molar refractivity (Wildman–Crippen MR) is 105 cm³/mol. The van der Waals surface area contributed by atoms with Gasteiger partial charge < -0.3 is 10.2 Å². The lowest BCUT2D eigenvalue weighted by atomic mass is 10.1. The van der Waals surface area contributed by atoms with Crippen molar-refractivity contribution >= 4 is 29.9 Å². The average Bonchev–Trinajstić information content (AvgIpc) is 2.55. The van der Waals surface area contributed by atoms with Gasteiger partial charge >= 0.3 is 0 Å². The zero-order valence-electron chi connectivity index (χ0n) is 13.4. The van der Waals surface area contributed by atoms with Crippen molar-refractivity contribution in [3.8, 4) is 6.07 Å². The number of rotatable bonds is 4. The number of aliphatic imine (C=N–C) groups is 1. The van der Waals surface area contributed by atoms with Crippen LogP contribution in [0.5, 0.6) is 0 Å². The van der Waals surface area contributed by atoms with Crippen LogP contribution in [0.25, 0.3) is 0 Å². The molecule has 0 aromatic heterocycles. The smallest absolute Gasteiger partial charge is 0.194 e. The van der Waals surface area contributed by atoms with E-state index >= 15 is 0 Å². The van der Waals surface area contributed by atoms with Crippen molar-refractivity contribution in [2.24, 2.45) is 4.99 Å². The third-order valence-corrected chi connectivity index (χ3v) is 3.18. The van der Waals surface area contributed by atoms with Crippen LogP contribution < -0.4 is 5.32 Å². The van der Waals surface area contributed by atoms with Crippen LogP contribution in [0.1, 0.15) is 16.7 Å². The molecule has 1 N–H and O–H groups in total. The van der Waals surface area contributed by atoms with E-state index in [1.807, 2.05) is 55.4 Å². The van der Waals surface area contributed by atoms with Gasteiger partial charge in [0.15, 0.2) is 5.96 Å². The van der Waals surface area contributed by atoms with Crippen molar-refractivity contribution in [1.82, 2.24) is 10.2 Å². The minimum Gasteiger partial charge on any atom is -0.352 e. The molecule has 0 bridgehead atoms. The Labute approximate surface area is 154 Å². The first-order valence-corrected chi connectivity index (χ1v) is 7.17. The maximum absolute atomic E-state index is 8.93. The van der Waals surface area contributed by atoms with E-state index in [0.717, 1.165) is 18.1 Å². The molecule has 0 amide bonds. The molecular weight excluding hydrogens is 399 g/mol. The molecular formula is C18H21IN4. The molecule has 23 heavy (non-hydrogen) atoms. The summed E-state index contributed by atoms with van der Waals surface area (Å²) in [6.45, 7) is 1.28. The Hall–Kier alpha value is -2.07. The minimum absolute atomic E-state index is 0. The standard InChI is InChI=1S/C18H20N4.HI/c1-22(2)18(20-13-15-7-4-3-5-8-15)21-14-17-10-6-9-16(11-17)12-19;/h3-11H,13-14H2,1-2H3,(H,20,21);1H. The van der Waals surface area contributed by atoms with Crippen LogP contribution >= 0.6 is 24.0 Å². The number of benzene rings is 2. The van der Waals surface area contributed by atoms with Gasteiger partial charge in [-0.25, -0.2) is 4.99 Å². The number of halogens is 1. The normalized spacial score (nSPS) is 10.4. The summed E-state index contributed by atoms with van der Waals surface area (Å²) in [5.41, 5.74) is 2.90. The van der Waals surface area contributed by atoms with Gasteiger partial charge in [0.05, 0.1) is 18.2 Å². The second-order valence-corrected chi connectivity index (χ2v) is 5.19. The zero-order chi connectivity index (χ0) is 15.8. The van der Waals surface area contributed by atoms with E-state index in [1.54, 1.807) is 6.07 Å². The maximum atomic E-state index is 8.93. The first-order valence-electron chi connectivity index (χ1n) is 7.17. The Bertz CT molecular complexity index is 675. The highest BCUT2D eigenvalue weighted by molar-refractivity contribution is 14.0. The van der Waals surface area contributed by atoms with E-state index in [2.05, 4.69) is 28.5 Å². The van der Waals surface area contributed by atoms with Gasteiger partial charge in [-0.2, -0.15) is 5.26 Å². The molecule has 0 unspecified atom stereocenters. The van der Waals surface area contributed by atoms with Gasteiger partial charge in [-0.05, 0) is 23.3 Å². The number of hydrogen-bond donors (Lipinski definition) is 1. The molecule has 0 aliphatic carbocycles. The van der Waals surface area contributed by atoms with Gasteiger partial charge in [-0.15, -0.1) is 24.0 Å². The van der Waals surface area contributed by atoms with E-state index < -0.39 is 0 Å². The number of guanidine groups is 1. The van der Waals surface area contributed by atoms with Gasteiger partial charge in [0.1, 0.15) is 0 Å². The van der Waals surface area contributed by atoms with Gasteiger partial charge in [0, 0.05) is 20.6 Å². The highest BCUT2D eigenvalue weighted by Crippen LogP contribution is 2.06. The van der Waals surface area contributed by atoms with Crippen LogP contribution in [0.15, 0.2) is 59.6 Å². The van der Waals surface area contributed by atoms with Crippen LogP contribution in [0, 0.1) is 11.3 Å². The van der Waals surface area contributed by atoms with Crippen molar-refractivity contribution in [2.75, 3.05) is 14.1 Å². The second-order valence-electron chi connectivity index (χ2n) is 5.19. The summed E-state index contributed by atoms with van der Waals surface area (Å²) < 4.78 is 0. The van der Waals surface area contributed by atoms with Crippen molar-refractivity contribution in [3.63, 3.8) is 0 Å². The quantitative estimate of drug-likeness (QED) is 0.469. The van der Waals surface area contributed by atoms with Crippen molar-refractivity contribution < 1.29 is 0 Å². The molecule has 4 nitrogen and oxygen atoms in total. The molecule has 120 valence electrons. The summed E-state index contributed by atoms with van der Waals surface area (Å²) >= 11 is 0. The Balaban J connectivity index is 0.00000264. The monoisotopic (exact) mass is 420 g/mol. The summed E-state index contributed by atoms with van der Waals surface area (Å²) in [5, 5.41) is 12.3. The fourth-order valence-corrected chi connectivity index (χ4v) is 2.04. The molecule has 0 heterocycles.